The highest BCUT2D eigenvalue weighted by Gasteiger charge is 2.55. The second kappa shape index (κ2) is 13.3. The van der Waals surface area contributed by atoms with Crippen LogP contribution in [-0.2, 0) is 47.7 Å². The van der Waals surface area contributed by atoms with Gasteiger partial charge in [-0.3, -0.25) is 19.2 Å². The molecular weight excluding hydrogens is 494 g/mol. The number of carbonyl (C=O) groups excluding carboxylic acids is 5. The number of methoxy groups -OCH3 is 1. The third kappa shape index (κ3) is 8.52. The molecule has 0 spiro atoms. The van der Waals surface area contributed by atoms with Crippen molar-refractivity contribution < 1.29 is 47.7 Å². The molecule has 198 valence electrons. The maximum absolute atomic E-state index is 13.1. The van der Waals surface area contributed by atoms with Gasteiger partial charge in [0.2, 0.25) is 10.8 Å². The maximum atomic E-state index is 13.1. The number of amides is 1. The highest BCUT2D eigenvalue weighted by molar-refractivity contribution is 8.01. The number of esters is 4. The van der Waals surface area contributed by atoms with Crippen molar-refractivity contribution in [3.05, 3.63) is 30.3 Å². The van der Waals surface area contributed by atoms with E-state index in [1.807, 2.05) is 6.07 Å². The van der Waals surface area contributed by atoms with Gasteiger partial charge in [0.15, 0.2) is 0 Å². The van der Waals surface area contributed by atoms with Crippen LogP contribution >= 0.6 is 11.8 Å². The van der Waals surface area contributed by atoms with Crippen LogP contribution in [0.2, 0.25) is 0 Å². The Kier molecular flexibility index (Phi) is 10.7. The van der Waals surface area contributed by atoms with Crippen LogP contribution in [0.1, 0.15) is 40.5 Å². The molecule has 0 aromatic heterocycles. The van der Waals surface area contributed by atoms with E-state index in [-0.39, 0.29) is 19.4 Å². The molecule has 1 fully saturated rings. The fraction of sp³-hybridized carbons (Fsp3) is 0.542. The van der Waals surface area contributed by atoms with E-state index < -0.39 is 59.1 Å². The van der Waals surface area contributed by atoms with Gasteiger partial charge in [-0.15, -0.1) is 0 Å². The van der Waals surface area contributed by atoms with Gasteiger partial charge in [-0.25, -0.2) is 4.79 Å². The lowest BCUT2D eigenvalue weighted by Gasteiger charge is -2.46. The predicted molar refractivity (Wildman–Crippen MR) is 126 cm³/mol. The minimum Gasteiger partial charge on any atom is -0.466 e. The van der Waals surface area contributed by atoms with Gasteiger partial charge in [0.25, 0.3) is 0 Å². The number of ether oxygens (including phenoxy) is 5. The molecule has 0 aliphatic carbocycles. The third-order valence-electron chi connectivity index (χ3n) is 5.12. The summed E-state index contributed by atoms with van der Waals surface area (Å²) in [5, 5.41) is 2.72. The lowest BCUT2D eigenvalue weighted by atomic mass is 9.91. The Labute approximate surface area is 213 Å². The minimum absolute atomic E-state index is 0.0936. The Bertz CT molecular complexity index is 955. The topological polar surface area (TPSA) is 144 Å². The normalized spacial score (nSPS) is 24.1. The summed E-state index contributed by atoms with van der Waals surface area (Å²) in [5.74, 6) is -3.01. The summed E-state index contributed by atoms with van der Waals surface area (Å²) in [4.78, 5) is 59.2. The Morgan fingerprint density at radius 1 is 1.06 bits per heavy atom. The van der Waals surface area contributed by atoms with Gasteiger partial charge in [-0.2, -0.15) is 0 Å². The van der Waals surface area contributed by atoms with E-state index in [1.54, 1.807) is 24.3 Å². The molecular formula is C24H31NO10S. The number of carbonyl (C=O) groups is 5. The van der Waals surface area contributed by atoms with Crippen molar-refractivity contribution in [2.75, 3.05) is 13.7 Å². The van der Waals surface area contributed by atoms with Gasteiger partial charge in [0.1, 0.15) is 18.8 Å². The molecule has 1 aromatic rings. The lowest BCUT2D eigenvalue weighted by Crippen LogP contribution is -2.63. The quantitative estimate of drug-likeness (QED) is 0.352. The lowest BCUT2D eigenvalue weighted by molar-refractivity contribution is -0.196. The SMILES string of the molecule is COC(=O)C1(Sc2ccccc2)C[C@H](OC(C)=O)[C@@H](NC(C)=O)[C@H](C[C@@H](COC(C)=O)OC(C)=O)O1. The van der Waals surface area contributed by atoms with Gasteiger partial charge in [-0.05, 0) is 12.1 Å². The first-order chi connectivity index (χ1) is 17.0. The van der Waals surface area contributed by atoms with Crippen LogP contribution in [0, 0.1) is 0 Å². The number of rotatable bonds is 10. The number of hydrogen-bond acceptors (Lipinski definition) is 11. The summed E-state index contributed by atoms with van der Waals surface area (Å²) in [6.45, 7) is 4.61. The van der Waals surface area contributed by atoms with Crippen molar-refractivity contribution in [3.8, 4) is 0 Å². The molecule has 36 heavy (non-hydrogen) atoms. The molecule has 5 atom stereocenters. The Morgan fingerprint density at radius 2 is 1.72 bits per heavy atom. The standard InChI is InChI=1S/C24H31NO10S/c1-14(26)25-22-20(11-18(33-16(3)28)13-32-15(2)27)35-24(23(30)31-5,12-21(22)34-17(4)29)36-19-9-7-6-8-10-19/h6-10,18,20-22H,11-13H2,1-5H3,(H,25,26)/t18-,20-,21-,22-,24?/m0/s1. The van der Waals surface area contributed by atoms with Gasteiger partial charge in [-0.1, -0.05) is 30.0 Å². The highest BCUT2D eigenvalue weighted by Crippen LogP contribution is 2.45. The molecule has 0 saturated carbocycles. The Morgan fingerprint density at radius 3 is 2.25 bits per heavy atom. The molecule has 11 nitrogen and oxygen atoms in total. The largest absolute Gasteiger partial charge is 0.466 e. The molecule has 1 N–H and O–H groups in total. The summed E-state index contributed by atoms with van der Waals surface area (Å²) in [6.07, 6.45) is -3.21. The fourth-order valence-electron chi connectivity index (χ4n) is 3.87. The monoisotopic (exact) mass is 525 g/mol. The minimum atomic E-state index is -1.67. The van der Waals surface area contributed by atoms with Crippen molar-refractivity contribution in [2.45, 2.75) is 74.7 Å². The number of hydrogen-bond donors (Lipinski definition) is 1. The molecule has 1 unspecified atom stereocenters. The van der Waals surface area contributed by atoms with E-state index in [0.717, 1.165) is 11.8 Å². The number of thioether (sulfide) groups is 1. The summed E-state index contributed by atoms with van der Waals surface area (Å²) < 4.78 is 27.3. The molecule has 1 aliphatic rings. The first kappa shape index (κ1) is 29.1. The Hall–Kier alpha value is -3.12. The van der Waals surface area contributed by atoms with Gasteiger partial charge < -0.3 is 29.0 Å². The van der Waals surface area contributed by atoms with E-state index >= 15 is 0 Å². The summed E-state index contributed by atoms with van der Waals surface area (Å²) in [7, 11) is 1.21. The van der Waals surface area contributed by atoms with E-state index in [2.05, 4.69) is 5.32 Å². The van der Waals surface area contributed by atoms with E-state index in [4.69, 9.17) is 23.7 Å². The fourth-order valence-corrected chi connectivity index (χ4v) is 5.13. The maximum Gasteiger partial charge on any atom is 0.349 e. The number of nitrogens with one attached hydrogen (secondary N) is 1. The molecule has 12 heteroatoms. The van der Waals surface area contributed by atoms with Crippen LogP contribution in [-0.4, -0.2) is 72.8 Å². The zero-order valence-corrected chi connectivity index (χ0v) is 21.6. The molecule has 0 radical (unpaired) electrons. The molecule has 0 bridgehead atoms. The third-order valence-corrected chi connectivity index (χ3v) is 6.39. The van der Waals surface area contributed by atoms with E-state index in [9.17, 15) is 24.0 Å². The average molecular weight is 526 g/mol. The molecule has 1 amide bonds. The van der Waals surface area contributed by atoms with Crippen molar-refractivity contribution in [2.24, 2.45) is 0 Å². The van der Waals surface area contributed by atoms with Crippen LogP contribution in [0.15, 0.2) is 35.2 Å². The van der Waals surface area contributed by atoms with Crippen molar-refractivity contribution in [1.29, 1.82) is 0 Å². The van der Waals surface area contributed by atoms with E-state index in [1.165, 1.54) is 34.8 Å². The second-order valence-corrected chi connectivity index (χ2v) is 9.50. The van der Waals surface area contributed by atoms with Gasteiger partial charge in [0.05, 0.1) is 19.3 Å². The molecule has 1 saturated heterocycles. The average Bonchev–Trinajstić information content (AvgIpc) is 2.78. The first-order valence-corrected chi connectivity index (χ1v) is 12.0. The summed E-state index contributed by atoms with van der Waals surface area (Å²) in [6, 6.07) is 8.02. The van der Waals surface area contributed by atoms with Crippen molar-refractivity contribution in [1.82, 2.24) is 5.32 Å². The van der Waals surface area contributed by atoms with E-state index in [0.29, 0.717) is 4.90 Å². The van der Waals surface area contributed by atoms with Crippen LogP contribution in [0.5, 0.6) is 0 Å². The van der Waals surface area contributed by atoms with Gasteiger partial charge in [0, 0.05) is 45.4 Å². The zero-order valence-electron chi connectivity index (χ0n) is 20.8. The Balaban J connectivity index is 2.53. The van der Waals surface area contributed by atoms with Crippen molar-refractivity contribution >= 4 is 41.5 Å². The molecule has 1 aromatic carbocycles. The molecule has 1 heterocycles. The predicted octanol–water partition coefficient (Wildman–Crippen LogP) is 1.76. The van der Waals surface area contributed by atoms with Crippen LogP contribution in [0.25, 0.3) is 0 Å². The zero-order chi connectivity index (χ0) is 26.9. The molecule has 1 aliphatic heterocycles. The van der Waals surface area contributed by atoms with Crippen LogP contribution in [0.3, 0.4) is 0 Å². The number of benzene rings is 1. The second-order valence-electron chi connectivity index (χ2n) is 8.16. The van der Waals surface area contributed by atoms with Crippen molar-refractivity contribution in [3.63, 3.8) is 0 Å². The molecule has 2 rings (SSSR count). The summed E-state index contributed by atoms with van der Waals surface area (Å²) >= 11 is 1.07. The first-order valence-electron chi connectivity index (χ1n) is 11.2. The van der Waals surface area contributed by atoms with Crippen LogP contribution < -0.4 is 5.32 Å². The van der Waals surface area contributed by atoms with Gasteiger partial charge >= 0.3 is 23.9 Å². The smallest absolute Gasteiger partial charge is 0.349 e. The summed E-state index contributed by atoms with van der Waals surface area (Å²) in [5.41, 5.74) is 0. The van der Waals surface area contributed by atoms with Crippen LogP contribution in [0.4, 0.5) is 0 Å². The highest BCUT2D eigenvalue weighted by atomic mass is 32.2.